The Kier molecular flexibility index (Phi) is 3.64. The summed E-state index contributed by atoms with van der Waals surface area (Å²) in [7, 11) is 0. The lowest BCUT2D eigenvalue weighted by atomic mass is 9.98. The minimum absolute atomic E-state index is 0.443. The van der Waals surface area contributed by atoms with Crippen molar-refractivity contribution in [1.29, 1.82) is 5.26 Å². The van der Waals surface area contributed by atoms with E-state index in [0.717, 1.165) is 22.4 Å². The fourth-order valence-corrected chi connectivity index (χ4v) is 2.36. The largest absolute Gasteiger partial charge is 0.256 e. The van der Waals surface area contributed by atoms with Crippen LogP contribution in [0, 0.1) is 17.9 Å². The highest BCUT2D eigenvalue weighted by Gasteiger charge is 2.10. The SMILES string of the molecule is [C-]#[N+]c1cc(C#N)cc(-c2ncccc2-c2ccccc2)c1. The molecular formula is C19H11N3. The Morgan fingerprint density at radius 2 is 1.77 bits per heavy atom. The number of pyridine rings is 1. The number of hydrogen-bond donors (Lipinski definition) is 0. The molecule has 0 spiro atoms. The monoisotopic (exact) mass is 281 g/mol. The van der Waals surface area contributed by atoms with Crippen LogP contribution < -0.4 is 0 Å². The van der Waals surface area contributed by atoms with E-state index < -0.39 is 0 Å². The van der Waals surface area contributed by atoms with Crippen molar-refractivity contribution in [1.82, 2.24) is 4.98 Å². The van der Waals surface area contributed by atoms with Gasteiger partial charge in [-0.3, -0.25) is 4.98 Å². The van der Waals surface area contributed by atoms with Gasteiger partial charge in [-0.2, -0.15) is 5.26 Å². The molecule has 1 aromatic heterocycles. The molecule has 0 atom stereocenters. The second-order valence-electron chi connectivity index (χ2n) is 4.76. The van der Waals surface area contributed by atoms with E-state index >= 15 is 0 Å². The predicted molar refractivity (Wildman–Crippen MR) is 86.1 cm³/mol. The first kappa shape index (κ1) is 13.5. The molecule has 3 aromatic rings. The van der Waals surface area contributed by atoms with Crippen LogP contribution in [0.15, 0.2) is 66.9 Å². The van der Waals surface area contributed by atoms with Crippen LogP contribution in [-0.2, 0) is 0 Å². The lowest BCUT2D eigenvalue weighted by molar-refractivity contribution is 1.32. The zero-order valence-electron chi connectivity index (χ0n) is 11.7. The number of nitriles is 1. The Labute approximate surface area is 128 Å². The molecule has 0 radical (unpaired) electrons. The number of aromatic nitrogens is 1. The maximum atomic E-state index is 9.14. The summed E-state index contributed by atoms with van der Waals surface area (Å²) in [5, 5.41) is 9.14. The molecule has 0 amide bonds. The third-order valence-corrected chi connectivity index (χ3v) is 3.34. The van der Waals surface area contributed by atoms with Gasteiger partial charge in [0.1, 0.15) is 0 Å². The smallest absolute Gasteiger partial charge is 0.189 e. The molecule has 0 N–H and O–H groups in total. The van der Waals surface area contributed by atoms with Gasteiger partial charge in [0.15, 0.2) is 5.69 Å². The van der Waals surface area contributed by atoms with Gasteiger partial charge in [-0.05, 0) is 35.4 Å². The van der Waals surface area contributed by atoms with Crippen molar-refractivity contribution in [2.24, 2.45) is 0 Å². The van der Waals surface area contributed by atoms with Crippen LogP contribution in [-0.4, -0.2) is 4.98 Å². The fraction of sp³-hybridized carbons (Fsp3) is 0. The standard InChI is InChI=1S/C19H11N3/c1-21-17-11-14(13-20)10-16(12-17)19-18(8-5-9-22-19)15-6-3-2-4-7-15/h2-12H. The second kappa shape index (κ2) is 5.91. The molecule has 3 nitrogen and oxygen atoms in total. The molecule has 0 fully saturated rings. The number of benzene rings is 2. The minimum Gasteiger partial charge on any atom is -0.256 e. The van der Waals surface area contributed by atoms with E-state index in [9.17, 15) is 0 Å². The van der Waals surface area contributed by atoms with Crippen LogP contribution >= 0.6 is 0 Å². The van der Waals surface area contributed by atoms with Crippen molar-refractivity contribution >= 4 is 5.69 Å². The fourth-order valence-electron chi connectivity index (χ4n) is 2.36. The zero-order chi connectivity index (χ0) is 15.4. The van der Waals surface area contributed by atoms with Gasteiger partial charge in [0.05, 0.1) is 18.3 Å². The summed E-state index contributed by atoms with van der Waals surface area (Å²) in [4.78, 5) is 7.90. The van der Waals surface area contributed by atoms with Crippen molar-refractivity contribution < 1.29 is 0 Å². The Morgan fingerprint density at radius 1 is 0.955 bits per heavy atom. The first-order chi connectivity index (χ1) is 10.8. The van der Waals surface area contributed by atoms with E-state index in [0.29, 0.717) is 11.3 Å². The average molecular weight is 281 g/mol. The summed E-state index contributed by atoms with van der Waals surface area (Å²) in [6.45, 7) is 7.19. The Morgan fingerprint density at radius 3 is 2.50 bits per heavy atom. The van der Waals surface area contributed by atoms with E-state index in [2.05, 4.69) is 15.9 Å². The molecule has 0 aliphatic carbocycles. The molecule has 3 heteroatoms. The van der Waals surface area contributed by atoms with E-state index in [1.54, 1.807) is 24.4 Å². The molecule has 0 unspecified atom stereocenters. The van der Waals surface area contributed by atoms with E-state index in [1.807, 2.05) is 42.5 Å². The van der Waals surface area contributed by atoms with Crippen LogP contribution in [0.2, 0.25) is 0 Å². The second-order valence-corrected chi connectivity index (χ2v) is 4.76. The summed E-state index contributed by atoms with van der Waals surface area (Å²) < 4.78 is 0. The van der Waals surface area contributed by atoms with Crippen molar-refractivity contribution in [3.8, 4) is 28.5 Å². The lowest BCUT2D eigenvalue weighted by Gasteiger charge is -2.09. The van der Waals surface area contributed by atoms with E-state index in [-0.39, 0.29) is 0 Å². The van der Waals surface area contributed by atoms with Gasteiger partial charge in [0.2, 0.25) is 0 Å². The summed E-state index contributed by atoms with van der Waals surface area (Å²) in [5.41, 5.74) is 4.50. The van der Waals surface area contributed by atoms with Gasteiger partial charge < -0.3 is 0 Å². The molecule has 0 aliphatic heterocycles. The molecule has 0 bridgehead atoms. The van der Waals surface area contributed by atoms with E-state index in [1.165, 1.54) is 0 Å². The highest BCUT2D eigenvalue weighted by molar-refractivity contribution is 5.82. The predicted octanol–water partition coefficient (Wildman–Crippen LogP) is 4.84. The Bertz CT molecular complexity index is 868. The summed E-state index contributed by atoms with van der Waals surface area (Å²) >= 11 is 0. The van der Waals surface area contributed by atoms with Crippen LogP contribution in [0.5, 0.6) is 0 Å². The van der Waals surface area contributed by atoms with Crippen molar-refractivity contribution in [2.45, 2.75) is 0 Å². The number of hydrogen-bond acceptors (Lipinski definition) is 2. The Balaban J connectivity index is 2.23. The van der Waals surface area contributed by atoms with Crippen molar-refractivity contribution in [2.75, 3.05) is 0 Å². The van der Waals surface area contributed by atoms with Gasteiger partial charge in [-0.1, -0.05) is 36.4 Å². The first-order valence-electron chi connectivity index (χ1n) is 6.75. The topological polar surface area (TPSA) is 41.0 Å². The molecule has 0 aliphatic rings. The van der Waals surface area contributed by atoms with Gasteiger partial charge in [-0.15, -0.1) is 0 Å². The highest BCUT2D eigenvalue weighted by Crippen LogP contribution is 2.32. The zero-order valence-corrected chi connectivity index (χ0v) is 11.7. The van der Waals surface area contributed by atoms with Gasteiger partial charge in [0.25, 0.3) is 0 Å². The van der Waals surface area contributed by atoms with Crippen LogP contribution in [0.4, 0.5) is 5.69 Å². The molecule has 0 saturated heterocycles. The molecule has 22 heavy (non-hydrogen) atoms. The molecule has 0 saturated carbocycles. The molecule has 102 valence electrons. The molecule has 1 heterocycles. The Hall–Kier alpha value is -3.43. The van der Waals surface area contributed by atoms with Gasteiger partial charge in [-0.25, -0.2) is 4.85 Å². The normalized spacial score (nSPS) is 9.73. The minimum atomic E-state index is 0.443. The van der Waals surface area contributed by atoms with Gasteiger partial charge >= 0.3 is 0 Å². The lowest BCUT2D eigenvalue weighted by Crippen LogP contribution is -1.89. The van der Waals surface area contributed by atoms with Crippen LogP contribution in [0.25, 0.3) is 27.2 Å². The third-order valence-electron chi connectivity index (χ3n) is 3.34. The molecular weight excluding hydrogens is 270 g/mol. The highest BCUT2D eigenvalue weighted by atomic mass is 14.7. The van der Waals surface area contributed by atoms with Crippen molar-refractivity contribution in [3.63, 3.8) is 0 Å². The van der Waals surface area contributed by atoms with Crippen molar-refractivity contribution in [3.05, 3.63) is 83.8 Å². The quantitative estimate of drug-likeness (QED) is 0.631. The number of rotatable bonds is 2. The van der Waals surface area contributed by atoms with Gasteiger partial charge in [0, 0.05) is 17.3 Å². The van der Waals surface area contributed by atoms with Crippen LogP contribution in [0.3, 0.4) is 0 Å². The maximum Gasteiger partial charge on any atom is 0.189 e. The van der Waals surface area contributed by atoms with E-state index in [4.69, 9.17) is 11.8 Å². The summed E-state index contributed by atoms with van der Waals surface area (Å²) in [6.07, 6.45) is 1.72. The number of nitrogens with zero attached hydrogens (tertiary/aromatic N) is 3. The molecule has 3 rings (SSSR count). The maximum absolute atomic E-state index is 9.14. The first-order valence-corrected chi connectivity index (χ1v) is 6.75. The average Bonchev–Trinajstić information content (AvgIpc) is 2.62. The van der Waals surface area contributed by atoms with Crippen LogP contribution in [0.1, 0.15) is 5.56 Å². The summed E-state index contributed by atoms with van der Waals surface area (Å²) in [6, 6.07) is 21.0. The third kappa shape index (κ3) is 2.57. The summed E-state index contributed by atoms with van der Waals surface area (Å²) in [5.74, 6) is 0. The molecule has 2 aromatic carbocycles.